The number of halogens is 1. The predicted octanol–water partition coefficient (Wildman–Crippen LogP) is 3.29. The van der Waals surface area contributed by atoms with Crippen molar-refractivity contribution in [1.82, 2.24) is 4.90 Å². The molecule has 142 valence electrons. The second kappa shape index (κ2) is 6.75. The van der Waals surface area contributed by atoms with E-state index in [1.807, 2.05) is 58.6 Å². The molecule has 0 amide bonds. The third-order valence-corrected chi connectivity index (χ3v) is 5.78. The molecule has 2 aliphatic heterocycles. The van der Waals surface area contributed by atoms with Crippen LogP contribution in [0.3, 0.4) is 0 Å². The Hall–Kier alpha value is -1.21. The van der Waals surface area contributed by atoms with Gasteiger partial charge in [-0.2, -0.15) is 0 Å². The minimum Gasteiger partial charge on any atom is -0.398 e. The minimum absolute atomic E-state index is 0.324. The van der Waals surface area contributed by atoms with E-state index in [0.29, 0.717) is 25.2 Å². The SMILES string of the molecule is Cc1ccc(C(CN2CC(O)C2)=C(F)B2OC(C)(C)C(C)(C)O2)c(C)c1. The predicted molar refractivity (Wildman–Crippen MR) is 102 cm³/mol. The molecule has 2 fully saturated rings. The van der Waals surface area contributed by atoms with Crippen molar-refractivity contribution < 1.29 is 18.8 Å². The maximum absolute atomic E-state index is 15.6. The Balaban J connectivity index is 1.97. The monoisotopic (exact) mass is 361 g/mol. The van der Waals surface area contributed by atoms with Crippen molar-refractivity contribution in [3.05, 3.63) is 40.6 Å². The molecule has 4 nitrogen and oxygen atoms in total. The lowest BCUT2D eigenvalue weighted by atomic mass is 9.81. The summed E-state index contributed by atoms with van der Waals surface area (Å²) in [5, 5.41) is 9.58. The number of nitrogens with zero attached hydrogens (tertiary/aromatic N) is 1. The molecule has 0 bridgehead atoms. The van der Waals surface area contributed by atoms with Gasteiger partial charge in [-0.15, -0.1) is 0 Å². The normalized spacial score (nSPS) is 23.8. The molecule has 0 aromatic heterocycles. The first kappa shape index (κ1) is 19.6. The zero-order valence-corrected chi connectivity index (χ0v) is 16.6. The summed E-state index contributed by atoms with van der Waals surface area (Å²) in [4.78, 5) is 2.03. The Morgan fingerprint density at radius 1 is 1.19 bits per heavy atom. The maximum Gasteiger partial charge on any atom is 0.525 e. The zero-order chi connectivity index (χ0) is 19.3. The van der Waals surface area contributed by atoms with E-state index in [2.05, 4.69) is 6.07 Å². The van der Waals surface area contributed by atoms with Gasteiger partial charge in [0, 0.05) is 25.2 Å². The minimum atomic E-state index is -1.01. The van der Waals surface area contributed by atoms with E-state index in [0.717, 1.165) is 16.7 Å². The molecule has 0 spiro atoms. The van der Waals surface area contributed by atoms with Crippen molar-refractivity contribution in [1.29, 1.82) is 0 Å². The van der Waals surface area contributed by atoms with Gasteiger partial charge in [-0.25, -0.2) is 4.39 Å². The number of likely N-dealkylation sites (tertiary alicyclic amines) is 1. The van der Waals surface area contributed by atoms with Gasteiger partial charge < -0.3 is 14.4 Å². The number of β-amino-alcohol motifs (C(OH)–C–C–N with tert-alkyl or cyclic N) is 1. The van der Waals surface area contributed by atoms with Crippen LogP contribution >= 0.6 is 0 Å². The van der Waals surface area contributed by atoms with Crippen LogP contribution in [0.15, 0.2) is 23.9 Å². The third-order valence-electron chi connectivity index (χ3n) is 5.78. The Morgan fingerprint density at radius 2 is 1.77 bits per heavy atom. The van der Waals surface area contributed by atoms with Gasteiger partial charge in [0.1, 0.15) is 5.73 Å². The molecule has 0 atom stereocenters. The van der Waals surface area contributed by atoms with Crippen molar-refractivity contribution in [2.24, 2.45) is 0 Å². The highest BCUT2D eigenvalue weighted by molar-refractivity contribution is 6.55. The smallest absolute Gasteiger partial charge is 0.398 e. The second-order valence-electron chi connectivity index (χ2n) is 8.58. The molecule has 3 rings (SSSR count). The molecule has 2 saturated heterocycles. The molecule has 1 N–H and O–H groups in total. The molecule has 2 heterocycles. The summed E-state index contributed by atoms with van der Waals surface area (Å²) in [5.74, 6) is 0. The fraction of sp³-hybridized carbons (Fsp3) is 0.600. The van der Waals surface area contributed by atoms with Crippen molar-refractivity contribution in [3.63, 3.8) is 0 Å². The molecule has 26 heavy (non-hydrogen) atoms. The van der Waals surface area contributed by atoms with Crippen molar-refractivity contribution in [3.8, 4) is 0 Å². The largest absolute Gasteiger partial charge is 0.525 e. The summed E-state index contributed by atoms with van der Waals surface area (Å²) in [6.07, 6.45) is -0.324. The number of benzene rings is 1. The van der Waals surface area contributed by atoms with Gasteiger partial charge in [0.05, 0.1) is 17.3 Å². The Bertz CT molecular complexity index is 710. The first-order valence-corrected chi connectivity index (χ1v) is 9.22. The van der Waals surface area contributed by atoms with E-state index in [9.17, 15) is 5.11 Å². The van der Waals surface area contributed by atoms with E-state index in [1.165, 1.54) is 0 Å². The quantitative estimate of drug-likeness (QED) is 0.836. The van der Waals surface area contributed by atoms with E-state index in [4.69, 9.17) is 9.31 Å². The fourth-order valence-electron chi connectivity index (χ4n) is 3.43. The van der Waals surface area contributed by atoms with Crippen LogP contribution in [0.4, 0.5) is 4.39 Å². The molecule has 1 aromatic rings. The number of aryl methyl sites for hydroxylation is 2. The number of hydrogen-bond acceptors (Lipinski definition) is 4. The topological polar surface area (TPSA) is 41.9 Å². The van der Waals surface area contributed by atoms with Crippen molar-refractivity contribution in [2.45, 2.75) is 58.8 Å². The van der Waals surface area contributed by atoms with Crippen LogP contribution in [0.5, 0.6) is 0 Å². The van der Waals surface area contributed by atoms with Crippen LogP contribution in [0.1, 0.15) is 44.4 Å². The first-order valence-electron chi connectivity index (χ1n) is 9.22. The lowest BCUT2D eigenvalue weighted by molar-refractivity contribution is 0.00578. The average Bonchev–Trinajstić information content (AvgIpc) is 2.71. The Labute approximate surface area is 156 Å². The van der Waals surface area contributed by atoms with Gasteiger partial charge in [-0.1, -0.05) is 23.8 Å². The van der Waals surface area contributed by atoms with Crippen LogP contribution in [0.2, 0.25) is 0 Å². The van der Waals surface area contributed by atoms with Crippen LogP contribution in [0.25, 0.3) is 5.57 Å². The summed E-state index contributed by atoms with van der Waals surface area (Å²) in [6, 6.07) is 6.00. The van der Waals surface area contributed by atoms with Gasteiger partial charge in [0.2, 0.25) is 0 Å². The summed E-state index contributed by atoms with van der Waals surface area (Å²) >= 11 is 0. The van der Waals surface area contributed by atoms with Crippen LogP contribution in [0, 0.1) is 13.8 Å². The first-order chi connectivity index (χ1) is 12.0. The van der Waals surface area contributed by atoms with E-state index in [1.54, 1.807) is 0 Å². The Morgan fingerprint density at radius 3 is 2.27 bits per heavy atom. The number of hydrogen-bond donors (Lipinski definition) is 1. The summed E-state index contributed by atoms with van der Waals surface area (Å²) in [6.45, 7) is 13.2. The van der Waals surface area contributed by atoms with Gasteiger partial charge in [0.25, 0.3) is 0 Å². The van der Waals surface area contributed by atoms with Gasteiger partial charge in [0.15, 0.2) is 0 Å². The summed E-state index contributed by atoms with van der Waals surface area (Å²) in [7, 11) is -1.01. The number of aliphatic hydroxyl groups is 1. The van der Waals surface area contributed by atoms with Crippen molar-refractivity contribution >= 4 is 12.7 Å². The molecule has 6 heteroatoms. The lowest BCUT2D eigenvalue weighted by Crippen LogP contribution is -2.51. The standard InChI is InChI=1S/C20H29BFNO3/c1-13-7-8-16(14(2)9-13)17(12-23-10-15(24)11-23)18(22)21-25-19(3,4)20(5,6)26-21/h7-9,15,24H,10-12H2,1-6H3. The second-order valence-corrected chi connectivity index (χ2v) is 8.58. The highest BCUT2D eigenvalue weighted by Gasteiger charge is 2.53. The Kier molecular flexibility index (Phi) is 5.08. The summed E-state index contributed by atoms with van der Waals surface area (Å²) < 4.78 is 27.4. The maximum atomic E-state index is 15.6. The highest BCUT2D eigenvalue weighted by atomic mass is 19.1. The molecule has 0 aliphatic carbocycles. The molecule has 0 saturated carbocycles. The molecule has 1 aromatic carbocycles. The van der Waals surface area contributed by atoms with E-state index >= 15 is 4.39 Å². The molecule has 0 unspecified atom stereocenters. The molecular weight excluding hydrogens is 332 g/mol. The zero-order valence-electron chi connectivity index (χ0n) is 16.6. The lowest BCUT2D eigenvalue weighted by Gasteiger charge is -2.36. The van der Waals surface area contributed by atoms with Crippen LogP contribution < -0.4 is 0 Å². The highest BCUT2D eigenvalue weighted by Crippen LogP contribution is 2.40. The van der Waals surface area contributed by atoms with Gasteiger partial charge >= 0.3 is 7.12 Å². The van der Waals surface area contributed by atoms with Crippen LogP contribution in [-0.4, -0.2) is 54.1 Å². The number of rotatable bonds is 4. The van der Waals surface area contributed by atoms with E-state index < -0.39 is 18.3 Å². The van der Waals surface area contributed by atoms with E-state index in [-0.39, 0.29) is 11.8 Å². The van der Waals surface area contributed by atoms with Crippen molar-refractivity contribution in [2.75, 3.05) is 19.6 Å². The number of aliphatic hydroxyl groups excluding tert-OH is 1. The molecule has 0 radical (unpaired) electrons. The average molecular weight is 361 g/mol. The third kappa shape index (κ3) is 3.61. The van der Waals surface area contributed by atoms with Crippen LogP contribution in [-0.2, 0) is 9.31 Å². The van der Waals surface area contributed by atoms with Gasteiger partial charge in [-0.05, 0) is 52.7 Å². The van der Waals surface area contributed by atoms with Gasteiger partial charge in [-0.3, -0.25) is 4.90 Å². The molecule has 2 aliphatic rings. The summed E-state index contributed by atoms with van der Waals surface area (Å²) in [5.41, 5.74) is 2.05. The molecular formula is C20H29BFNO3. The fourth-order valence-corrected chi connectivity index (χ4v) is 3.43.